The normalized spacial score (nSPS) is 18.7. The fourth-order valence-electron chi connectivity index (χ4n) is 5.68. The molecule has 2 unspecified atom stereocenters. The highest BCUT2D eigenvalue weighted by Crippen LogP contribution is 2.54. The molecule has 2 aliphatic rings. The summed E-state index contributed by atoms with van der Waals surface area (Å²) >= 11 is 2.15. The summed E-state index contributed by atoms with van der Waals surface area (Å²) < 4.78 is 6.46. The first-order valence-corrected chi connectivity index (χ1v) is 16.0. The number of thiazole rings is 1. The topological polar surface area (TPSA) is 118 Å². The summed E-state index contributed by atoms with van der Waals surface area (Å²) in [6.45, 7) is 1.70. The van der Waals surface area contributed by atoms with E-state index in [0.29, 0.717) is 26.8 Å². The second-order valence-electron chi connectivity index (χ2n) is 10.8. The minimum Gasteiger partial charge on any atom is -0.462 e. The molecular weight excluding hydrogens is 613 g/mol. The molecular formula is C33H30N4O6S2. The van der Waals surface area contributed by atoms with E-state index in [1.807, 2.05) is 49.3 Å². The van der Waals surface area contributed by atoms with Crippen molar-refractivity contribution in [3.63, 3.8) is 0 Å². The van der Waals surface area contributed by atoms with E-state index in [1.54, 1.807) is 43.3 Å². The number of thioether (sulfide) groups is 1. The maximum atomic E-state index is 14.2. The van der Waals surface area contributed by atoms with Crippen LogP contribution >= 0.6 is 23.1 Å². The summed E-state index contributed by atoms with van der Waals surface area (Å²) in [6, 6.07) is 22.8. The van der Waals surface area contributed by atoms with Crippen LogP contribution in [0.3, 0.4) is 0 Å². The Balaban J connectivity index is 1.39. The Labute approximate surface area is 267 Å². The van der Waals surface area contributed by atoms with Gasteiger partial charge in [0, 0.05) is 36.3 Å². The SMILES string of the molecule is CCOC(=O)c1ccc(N2C(=O)C3Sc4c(sc(=O)n4CC(=O)Nc4ccccc4)[C@H](c4ccc(N(C)C)cc4)C3C2=O)cc1. The van der Waals surface area contributed by atoms with Crippen LogP contribution < -0.4 is 20.0 Å². The quantitative estimate of drug-likeness (QED) is 0.219. The van der Waals surface area contributed by atoms with Crippen LogP contribution in [0.15, 0.2) is 88.7 Å². The number of anilines is 3. The molecule has 4 aromatic rings. The van der Waals surface area contributed by atoms with Crippen LogP contribution in [0, 0.1) is 5.92 Å². The van der Waals surface area contributed by atoms with E-state index in [0.717, 1.165) is 34.3 Å². The fourth-order valence-corrected chi connectivity index (χ4v) is 8.45. The van der Waals surface area contributed by atoms with Gasteiger partial charge < -0.3 is 15.0 Å². The molecule has 0 saturated carbocycles. The Hall–Kier alpha value is -4.68. The number of hydrogen-bond donors (Lipinski definition) is 1. The zero-order valence-electron chi connectivity index (χ0n) is 24.8. The highest BCUT2D eigenvalue weighted by molar-refractivity contribution is 8.00. The van der Waals surface area contributed by atoms with Crippen molar-refractivity contribution < 1.29 is 23.9 Å². The number of fused-ring (bicyclic) bond motifs is 2. The molecule has 0 spiro atoms. The first-order chi connectivity index (χ1) is 21.7. The number of carbonyl (C=O) groups is 4. The first kappa shape index (κ1) is 30.4. The van der Waals surface area contributed by atoms with Gasteiger partial charge in [-0.05, 0) is 61.0 Å². The maximum Gasteiger partial charge on any atom is 0.338 e. The Morgan fingerprint density at radius 1 is 0.911 bits per heavy atom. The number of esters is 1. The van der Waals surface area contributed by atoms with E-state index < -0.39 is 29.0 Å². The third kappa shape index (κ3) is 5.67. The minimum atomic E-state index is -0.828. The number of nitrogens with zero attached hydrogens (tertiary/aromatic N) is 3. The lowest BCUT2D eigenvalue weighted by atomic mass is 9.83. The zero-order chi connectivity index (χ0) is 31.8. The lowest BCUT2D eigenvalue weighted by Crippen LogP contribution is -2.33. The molecule has 3 amide bonds. The van der Waals surface area contributed by atoms with Crippen LogP contribution in [-0.2, 0) is 25.7 Å². The molecule has 1 saturated heterocycles. The number of benzene rings is 3. The van der Waals surface area contributed by atoms with Crippen molar-refractivity contribution in [3.05, 3.63) is 105 Å². The molecule has 1 aromatic heterocycles. The van der Waals surface area contributed by atoms with Crippen LogP contribution in [0.1, 0.15) is 33.6 Å². The summed E-state index contributed by atoms with van der Waals surface area (Å²) in [5, 5.41) is 2.50. The summed E-state index contributed by atoms with van der Waals surface area (Å²) in [6.07, 6.45) is 0. The molecule has 0 bridgehead atoms. The van der Waals surface area contributed by atoms with Gasteiger partial charge in [-0.1, -0.05) is 53.4 Å². The molecule has 3 aromatic carbocycles. The number of para-hydroxylation sites is 1. The van der Waals surface area contributed by atoms with Gasteiger partial charge in [-0.25, -0.2) is 9.69 Å². The van der Waals surface area contributed by atoms with Crippen molar-refractivity contribution in [1.82, 2.24) is 4.57 Å². The summed E-state index contributed by atoms with van der Waals surface area (Å²) in [4.78, 5) is 70.2. The van der Waals surface area contributed by atoms with E-state index >= 15 is 0 Å². The largest absolute Gasteiger partial charge is 0.462 e. The number of amides is 3. The van der Waals surface area contributed by atoms with Gasteiger partial charge in [-0.3, -0.25) is 23.7 Å². The van der Waals surface area contributed by atoms with Gasteiger partial charge in [0.25, 0.3) is 0 Å². The number of hydrogen-bond acceptors (Lipinski definition) is 9. The summed E-state index contributed by atoms with van der Waals surface area (Å²) in [7, 11) is 3.86. The number of imide groups is 1. The van der Waals surface area contributed by atoms with Gasteiger partial charge in [0.15, 0.2) is 0 Å². The van der Waals surface area contributed by atoms with E-state index in [9.17, 15) is 24.0 Å². The third-order valence-electron chi connectivity index (χ3n) is 7.81. The Bertz CT molecular complexity index is 1830. The van der Waals surface area contributed by atoms with Crippen molar-refractivity contribution in [2.45, 2.75) is 29.7 Å². The van der Waals surface area contributed by atoms with Gasteiger partial charge >= 0.3 is 10.8 Å². The molecule has 3 heterocycles. The minimum absolute atomic E-state index is 0.226. The number of carbonyl (C=O) groups excluding carboxylic acids is 4. The summed E-state index contributed by atoms with van der Waals surface area (Å²) in [5.41, 5.74) is 3.01. The fraction of sp³-hybridized carbons (Fsp3) is 0.242. The molecule has 1 N–H and O–H groups in total. The third-order valence-corrected chi connectivity index (χ3v) is 10.4. The predicted octanol–water partition coefficient (Wildman–Crippen LogP) is 4.59. The van der Waals surface area contributed by atoms with Crippen LogP contribution in [0.4, 0.5) is 17.1 Å². The predicted molar refractivity (Wildman–Crippen MR) is 174 cm³/mol. The number of rotatable bonds is 8. The molecule has 10 nitrogen and oxygen atoms in total. The lowest BCUT2D eigenvalue weighted by Gasteiger charge is -2.31. The van der Waals surface area contributed by atoms with Crippen molar-refractivity contribution >= 4 is 63.9 Å². The first-order valence-electron chi connectivity index (χ1n) is 14.3. The molecule has 3 atom stereocenters. The molecule has 0 aliphatic carbocycles. The zero-order valence-corrected chi connectivity index (χ0v) is 26.4. The van der Waals surface area contributed by atoms with Crippen LogP contribution in [0.5, 0.6) is 0 Å². The Kier molecular flexibility index (Phi) is 8.34. The Morgan fingerprint density at radius 3 is 2.24 bits per heavy atom. The second kappa shape index (κ2) is 12.4. The molecule has 12 heteroatoms. The van der Waals surface area contributed by atoms with E-state index in [1.165, 1.54) is 21.6 Å². The van der Waals surface area contributed by atoms with Crippen molar-refractivity contribution in [2.24, 2.45) is 5.92 Å². The monoisotopic (exact) mass is 642 g/mol. The van der Waals surface area contributed by atoms with E-state index in [4.69, 9.17) is 4.74 Å². The van der Waals surface area contributed by atoms with Crippen molar-refractivity contribution in [2.75, 3.05) is 35.8 Å². The average Bonchev–Trinajstić information content (AvgIpc) is 3.47. The van der Waals surface area contributed by atoms with Gasteiger partial charge in [0.1, 0.15) is 11.8 Å². The van der Waals surface area contributed by atoms with Gasteiger partial charge in [-0.15, -0.1) is 0 Å². The number of nitrogens with one attached hydrogen (secondary N) is 1. The van der Waals surface area contributed by atoms with Crippen LogP contribution in [0.2, 0.25) is 0 Å². The van der Waals surface area contributed by atoms with E-state index in [2.05, 4.69) is 5.32 Å². The standard InChI is InChI=1S/C33H30N4O6S2/c1-4-43-32(41)20-12-16-23(17-13-20)37-29(39)26-25(19-10-14-22(15-11-19)35(2)3)28-31(44-27(26)30(37)40)36(33(42)45-28)18-24(38)34-21-8-6-5-7-9-21/h5-17,25-27H,4,18H2,1-3H3,(H,34,38)/t25-,26?,27?/m1/s1. The summed E-state index contributed by atoms with van der Waals surface area (Å²) in [5.74, 6) is -3.04. The maximum absolute atomic E-state index is 14.2. The average molecular weight is 643 g/mol. The highest BCUT2D eigenvalue weighted by atomic mass is 32.2. The number of aromatic nitrogens is 1. The highest BCUT2D eigenvalue weighted by Gasteiger charge is 2.56. The Morgan fingerprint density at radius 2 is 1.60 bits per heavy atom. The van der Waals surface area contributed by atoms with Crippen molar-refractivity contribution in [1.29, 1.82) is 0 Å². The van der Waals surface area contributed by atoms with Gasteiger partial charge in [0.2, 0.25) is 17.7 Å². The molecule has 45 heavy (non-hydrogen) atoms. The van der Waals surface area contributed by atoms with Gasteiger partial charge in [-0.2, -0.15) is 0 Å². The smallest absolute Gasteiger partial charge is 0.338 e. The van der Waals surface area contributed by atoms with Crippen LogP contribution in [0.25, 0.3) is 0 Å². The lowest BCUT2D eigenvalue weighted by molar-refractivity contribution is -0.122. The van der Waals surface area contributed by atoms with Crippen LogP contribution in [-0.4, -0.2) is 54.2 Å². The van der Waals surface area contributed by atoms with Crippen molar-refractivity contribution in [3.8, 4) is 0 Å². The number of ether oxygens (including phenoxy) is 1. The molecule has 230 valence electrons. The molecule has 2 aliphatic heterocycles. The van der Waals surface area contributed by atoms with E-state index in [-0.39, 0.29) is 29.8 Å². The second-order valence-corrected chi connectivity index (χ2v) is 13.0. The molecule has 1 fully saturated rings. The molecule has 0 radical (unpaired) electrons. The van der Waals surface area contributed by atoms with Gasteiger partial charge in [0.05, 0.1) is 28.8 Å². The molecule has 6 rings (SSSR count).